The van der Waals surface area contributed by atoms with Gasteiger partial charge in [-0.15, -0.1) is 0 Å². The molecule has 0 radical (unpaired) electrons. The Morgan fingerprint density at radius 2 is 2.37 bits per heavy atom. The number of ether oxygens (including phenoxy) is 1. The van der Waals surface area contributed by atoms with Crippen LogP contribution in [-0.2, 0) is 11.2 Å². The Morgan fingerprint density at radius 3 is 3.11 bits per heavy atom. The van der Waals surface area contributed by atoms with Crippen LogP contribution in [0.1, 0.15) is 24.8 Å². The lowest BCUT2D eigenvalue weighted by Gasteiger charge is -2.09. The van der Waals surface area contributed by atoms with E-state index in [-0.39, 0.29) is 11.5 Å². The number of nitrogens with two attached hydrogens (primary N) is 1. The largest absolute Gasteiger partial charge is 0.369 e. The predicted molar refractivity (Wildman–Crippen MR) is 70.8 cm³/mol. The third-order valence-electron chi connectivity index (χ3n) is 4.33. The van der Waals surface area contributed by atoms with Gasteiger partial charge < -0.3 is 15.5 Å². The zero-order valence-corrected chi connectivity index (χ0v) is 10.5. The fourth-order valence-corrected chi connectivity index (χ4v) is 3.31. The number of aryl methyl sites for hydroxylation is 1. The van der Waals surface area contributed by atoms with Crippen LogP contribution in [0.2, 0.25) is 0 Å². The molecule has 1 aliphatic heterocycles. The second kappa shape index (κ2) is 3.84. The highest BCUT2D eigenvalue weighted by Gasteiger charge is 2.49. The van der Waals surface area contributed by atoms with E-state index in [1.165, 1.54) is 12.8 Å². The molecule has 1 saturated heterocycles. The van der Waals surface area contributed by atoms with Gasteiger partial charge in [-0.3, -0.25) is 9.78 Å². The molecule has 2 fully saturated rings. The first-order valence-corrected chi connectivity index (χ1v) is 6.73. The van der Waals surface area contributed by atoms with E-state index in [1.54, 1.807) is 0 Å². The van der Waals surface area contributed by atoms with Crippen LogP contribution in [0.25, 0.3) is 11.0 Å². The number of hydrogen-bond donors (Lipinski definition) is 3. The zero-order chi connectivity index (χ0) is 13.0. The van der Waals surface area contributed by atoms with Crippen molar-refractivity contribution in [3.63, 3.8) is 0 Å². The molecule has 2 aliphatic rings. The Morgan fingerprint density at radius 1 is 1.47 bits per heavy atom. The van der Waals surface area contributed by atoms with Crippen molar-refractivity contribution in [2.75, 3.05) is 5.73 Å². The smallest absolute Gasteiger partial charge is 0.262 e. The van der Waals surface area contributed by atoms with Gasteiger partial charge in [0.2, 0.25) is 5.95 Å². The maximum absolute atomic E-state index is 11.9. The number of aromatic amines is 2. The van der Waals surface area contributed by atoms with Gasteiger partial charge in [0.15, 0.2) is 0 Å². The maximum Gasteiger partial charge on any atom is 0.262 e. The van der Waals surface area contributed by atoms with Gasteiger partial charge in [0.25, 0.3) is 5.56 Å². The Labute approximate surface area is 109 Å². The number of nitrogen functional groups attached to an aromatic ring is 1. The van der Waals surface area contributed by atoms with Crippen molar-refractivity contribution in [1.82, 2.24) is 15.0 Å². The van der Waals surface area contributed by atoms with E-state index in [1.807, 2.05) is 6.20 Å². The summed E-state index contributed by atoms with van der Waals surface area (Å²) in [7, 11) is 0. The number of fused-ring (bicyclic) bond motifs is 2. The summed E-state index contributed by atoms with van der Waals surface area (Å²) >= 11 is 0. The highest BCUT2D eigenvalue weighted by atomic mass is 16.6. The summed E-state index contributed by atoms with van der Waals surface area (Å²) in [4.78, 5) is 21.6. The third kappa shape index (κ3) is 1.74. The third-order valence-corrected chi connectivity index (χ3v) is 4.33. The fourth-order valence-electron chi connectivity index (χ4n) is 3.31. The molecule has 3 unspecified atom stereocenters. The first-order chi connectivity index (χ1) is 9.22. The van der Waals surface area contributed by atoms with Crippen LogP contribution < -0.4 is 11.3 Å². The van der Waals surface area contributed by atoms with E-state index in [0.29, 0.717) is 29.2 Å². The number of aromatic nitrogens is 3. The molecular formula is C13H16N4O2. The molecule has 4 N–H and O–H groups in total. The summed E-state index contributed by atoms with van der Waals surface area (Å²) in [5, 5.41) is 0.639. The first-order valence-electron chi connectivity index (χ1n) is 6.73. The molecule has 3 atom stereocenters. The van der Waals surface area contributed by atoms with Crippen molar-refractivity contribution in [3.05, 3.63) is 22.1 Å². The van der Waals surface area contributed by atoms with Crippen molar-refractivity contribution in [2.24, 2.45) is 5.92 Å². The minimum absolute atomic E-state index is 0.149. The Hall–Kier alpha value is -1.82. The molecule has 4 rings (SSSR count). The molecule has 0 amide bonds. The predicted octanol–water partition coefficient (Wildman–Crippen LogP) is 0.943. The van der Waals surface area contributed by atoms with Crippen LogP contribution in [0.4, 0.5) is 5.95 Å². The molecular weight excluding hydrogens is 244 g/mol. The molecule has 6 nitrogen and oxygen atoms in total. The summed E-state index contributed by atoms with van der Waals surface area (Å²) in [5.41, 5.74) is 6.96. The summed E-state index contributed by atoms with van der Waals surface area (Å²) < 4.78 is 5.56. The monoisotopic (exact) mass is 260 g/mol. The summed E-state index contributed by atoms with van der Waals surface area (Å²) in [6.07, 6.45) is 7.27. The molecule has 6 heteroatoms. The fraction of sp³-hybridized carbons (Fsp3) is 0.538. The Balaban J connectivity index is 1.59. The molecule has 2 aromatic heterocycles. The molecule has 3 heterocycles. The van der Waals surface area contributed by atoms with E-state index in [4.69, 9.17) is 10.5 Å². The Bertz CT molecular complexity index is 689. The first kappa shape index (κ1) is 11.0. The highest BCUT2D eigenvalue weighted by Crippen LogP contribution is 2.44. The normalized spacial score (nSPS) is 28.7. The number of nitrogens with one attached hydrogen (secondary N) is 2. The van der Waals surface area contributed by atoms with Gasteiger partial charge in [-0.1, -0.05) is 0 Å². The number of H-pyrrole nitrogens is 2. The lowest BCUT2D eigenvalue weighted by atomic mass is 9.98. The van der Waals surface area contributed by atoms with Crippen molar-refractivity contribution in [3.8, 4) is 0 Å². The summed E-state index contributed by atoms with van der Waals surface area (Å²) in [5.74, 6) is 0.798. The molecule has 19 heavy (non-hydrogen) atoms. The highest BCUT2D eigenvalue weighted by molar-refractivity contribution is 5.79. The van der Waals surface area contributed by atoms with Crippen LogP contribution >= 0.6 is 0 Å². The van der Waals surface area contributed by atoms with Gasteiger partial charge in [-0.2, -0.15) is 4.98 Å². The summed E-state index contributed by atoms with van der Waals surface area (Å²) in [6.45, 7) is 0. The minimum Gasteiger partial charge on any atom is -0.369 e. The van der Waals surface area contributed by atoms with Crippen molar-refractivity contribution in [2.45, 2.75) is 37.9 Å². The van der Waals surface area contributed by atoms with Crippen molar-refractivity contribution in [1.29, 1.82) is 0 Å². The van der Waals surface area contributed by atoms with Crippen LogP contribution in [0.15, 0.2) is 11.0 Å². The van der Waals surface area contributed by atoms with Crippen LogP contribution in [0, 0.1) is 5.92 Å². The number of anilines is 1. The lowest BCUT2D eigenvalue weighted by Crippen LogP contribution is -2.12. The van der Waals surface area contributed by atoms with Gasteiger partial charge in [0.05, 0.1) is 17.6 Å². The maximum atomic E-state index is 11.9. The van der Waals surface area contributed by atoms with Crippen LogP contribution in [-0.4, -0.2) is 27.2 Å². The molecule has 2 aromatic rings. The molecule has 1 saturated carbocycles. The molecule has 1 aliphatic carbocycles. The van der Waals surface area contributed by atoms with Crippen LogP contribution in [0.3, 0.4) is 0 Å². The number of nitrogens with zero attached hydrogens (tertiary/aromatic N) is 1. The standard InChI is InChI=1S/C13H16N4O2/c14-13-16-11-9(12(18)17-13)7(5-15-11)2-1-6-3-4-8-10(6)19-8/h5-6,8,10H,1-4H2,(H4,14,15,16,17,18). The number of rotatable bonds is 3. The number of epoxide rings is 1. The van der Waals surface area contributed by atoms with E-state index in [0.717, 1.165) is 18.4 Å². The average Bonchev–Trinajstić information content (AvgIpc) is 2.86. The van der Waals surface area contributed by atoms with Gasteiger partial charge in [-0.25, -0.2) is 0 Å². The SMILES string of the molecule is Nc1nc2[nH]cc(CCC3CCC4OC34)c2c(=O)[nH]1. The van der Waals surface area contributed by atoms with E-state index in [2.05, 4.69) is 15.0 Å². The Kier molecular flexibility index (Phi) is 2.23. The zero-order valence-electron chi connectivity index (χ0n) is 10.5. The van der Waals surface area contributed by atoms with Crippen molar-refractivity contribution >= 4 is 17.0 Å². The quantitative estimate of drug-likeness (QED) is 0.715. The van der Waals surface area contributed by atoms with Crippen molar-refractivity contribution < 1.29 is 4.74 Å². The van der Waals surface area contributed by atoms with Gasteiger partial charge in [-0.05, 0) is 37.2 Å². The molecule has 0 aromatic carbocycles. The number of hydrogen-bond acceptors (Lipinski definition) is 4. The lowest BCUT2D eigenvalue weighted by molar-refractivity contribution is 0.257. The average molecular weight is 260 g/mol. The van der Waals surface area contributed by atoms with E-state index < -0.39 is 0 Å². The van der Waals surface area contributed by atoms with Gasteiger partial charge in [0, 0.05) is 6.20 Å². The van der Waals surface area contributed by atoms with Gasteiger partial charge in [0.1, 0.15) is 5.65 Å². The molecule has 0 spiro atoms. The van der Waals surface area contributed by atoms with E-state index >= 15 is 0 Å². The minimum atomic E-state index is -0.161. The van der Waals surface area contributed by atoms with E-state index in [9.17, 15) is 4.79 Å². The summed E-state index contributed by atoms with van der Waals surface area (Å²) in [6, 6.07) is 0. The molecule has 0 bridgehead atoms. The van der Waals surface area contributed by atoms with Crippen LogP contribution in [0.5, 0.6) is 0 Å². The molecule has 100 valence electrons. The van der Waals surface area contributed by atoms with Gasteiger partial charge >= 0.3 is 0 Å². The topological polar surface area (TPSA) is 100 Å². The second-order valence-electron chi connectivity index (χ2n) is 5.50. The second-order valence-corrected chi connectivity index (χ2v) is 5.50.